The molecule has 0 saturated carbocycles. The number of aromatic nitrogens is 2. The number of ether oxygens (including phenoxy) is 1. The van der Waals surface area contributed by atoms with E-state index < -0.39 is 0 Å². The van der Waals surface area contributed by atoms with Crippen molar-refractivity contribution in [1.29, 1.82) is 0 Å². The Morgan fingerprint density at radius 1 is 1.38 bits per heavy atom. The minimum absolute atomic E-state index is 0.147. The fourth-order valence-electron chi connectivity index (χ4n) is 1.64. The van der Waals surface area contributed by atoms with E-state index in [9.17, 15) is 0 Å². The van der Waals surface area contributed by atoms with E-state index in [0.717, 1.165) is 11.4 Å². The minimum atomic E-state index is 0.147. The molecule has 3 N–H and O–H groups in total. The van der Waals surface area contributed by atoms with Crippen molar-refractivity contribution in [1.82, 2.24) is 10.1 Å². The fraction of sp³-hybridized carbons (Fsp3) is 0.357. The number of anilines is 1. The standard InChI is InChI=1S/C14H19N5O2/c1-9(2)20-12-6-4-11(5-7-12)18-14(15)16-8-13-17-10(3)21-19-13/h4-7,9H,8H2,1-3H3,(H3,15,16,18). The number of hydrogen-bond acceptors (Lipinski definition) is 5. The van der Waals surface area contributed by atoms with Crippen molar-refractivity contribution in [3.8, 4) is 5.75 Å². The lowest BCUT2D eigenvalue weighted by Crippen LogP contribution is -2.22. The summed E-state index contributed by atoms with van der Waals surface area (Å²) in [7, 11) is 0. The molecular weight excluding hydrogens is 270 g/mol. The average molecular weight is 289 g/mol. The molecule has 112 valence electrons. The molecule has 0 radical (unpaired) electrons. The number of nitrogens with one attached hydrogen (secondary N) is 1. The summed E-state index contributed by atoms with van der Waals surface area (Å²) in [5, 5.41) is 6.73. The zero-order chi connectivity index (χ0) is 15.2. The molecule has 2 aromatic rings. The van der Waals surface area contributed by atoms with Gasteiger partial charge in [-0.1, -0.05) is 5.16 Å². The van der Waals surface area contributed by atoms with Crippen LogP contribution >= 0.6 is 0 Å². The summed E-state index contributed by atoms with van der Waals surface area (Å²) < 4.78 is 10.4. The van der Waals surface area contributed by atoms with Gasteiger partial charge in [0.05, 0.1) is 6.10 Å². The van der Waals surface area contributed by atoms with Gasteiger partial charge in [-0.15, -0.1) is 0 Å². The van der Waals surface area contributed by atoms with E-state index in [1.807, 2.05) is 38.1 Å². The number of aryl methyl sites for hydroxylation is 1. The normalized spacial score (nSPS) is 11.7. The predicted octanol–water partition coefficient (Wildman–Crippen LogP) is 2.09. The molecule has 2 rings (SSSR count). The highest BCUT2D eigenvalue weighted by Gasteiger charge is 2.02. The third kappa shape index (κ3) is 4.79. The quantitative estimate of drug-likeness (QED) is 0.646. The Labute approximate surface area is 123 Å². The van der Waals surface area contributed by atoms with Crippen LogP contribution in [0, 0.1) is 6.92 Å². The van der Waals surface area contributed by atoms with Crippen molar-refractivity contribution in [3.63, 3.8) is 0 Å². The highest BCUT2D eigenvalue weighted by atomic mass is 16.5. The predicted molar refractivity (Wildman–Crippen MR) is 80.2 cm³/mol. The van der Waals surface area contributed by atoms with Crippen LogP contribution in [0.1, 0.15) is 25.6 Å². The largest absolute Gasteiger partial charge is 0.491 e. The van der Waals surface area contributed by atoms with E-state index in [0.29, 0.717) is 11.7 Å². The number of guanidine groups is 1. The van der Waals surface area contributed by atoms with Gasteiger partial charge in [0, 0.05) is 12.6 Å². The van der Waals surface area contributed by atoms with Gasteiger partial charge in [0.1, 0.15) is 12.3 Å². The first kappa shape index (κ1) is 14.8. The first-order valence-electron chi connectivity index (χ1n) is 6.66. The van der Waals surface area contributed by atoms with Gasteiger partial charge < -0.3 is 20.3 Å². The van der Waals surface area contributed by atoms with Crippen LogP contribution in [0.3, 0.4) is 0 Å². The Morgan fingerprint density at radius 3 is 2.67 bits per heavy atom. The monoisotopic (exact) mass is 289 g/mol. The third-order valence-electron chi connectivity index (χ3n) is 2.46. The molecule has 0 saturated heterocycles. The van der Waals surface area contributed by atoms with Crippen LogP contribution in [-0.2, 0) is 6.54 Å². The van der Waals surface area contributed by atoms with E-state index in [1.54, 1.807) is 6.92 Å². The molecule has 7 heteroatoms. The van der Waals surface area contributed by atoms with Crippen molar-refractivity contribution in [2.45, 2.75) is 33.4 Å². The van der Waals surface area contributed by atoms with E-state index in [1.165, 1.54) is 0 Å². The van der Waals surface area contributed by atoms with Crippen LogP contribution in [0.25, 0.3) is 0 Å². The lowest BCUT2D eigenvalue weighted by atomic mass is 10.3. The molecule has 0 amide bonds. The van der Waals surface area contributed by atoms with E-state index in [2.05, 4.69) is 20.4 Å². The van der Waals surface area contributed by atoms with Crippen molar-refractivity contribution < 1.29 is 9.26 Å². The maximum Gasteiger partial charge on any atom is 0.223 e. The van der Waals surface area contributed by atoms with Gasteiger partial charge in [0.2, 0.25) is 5.89 Å². The summed E-state index contributed by atoms with van der Waals surface area (Å²) >= 11 is 0. The van der Waals surface area contributed by atoms with Crippen LogP contribution in [0.2, 0.25) is 0 Å². The highest BCUT2D eigenvalue weighted by Crippen LogP contribution is 2.16. The Kier molecular flexibility index (Phi) is 4.76. The summed E-state index contributed by atoms with van der Waals surface area (Å²) in [5.74, 6) is 2.11. The van der Waals surface area contributed by atoms with Crippen LogP contribution < -0.4 is 15.8 Å². The first-order valence-corrected chi connectivity index (χ1v) is 6.66. The molecule has 21 heavy (non-hydrogen) atoms. The van der Waals surface area contributed by atoms with Crippen molar-refractivity contribution in [3.05, 3.63) is 36.0 Å². The molecule has 0 unspecified atom stereocenters. The molecule has 7 nitrogen and oxygen atoms in total. The number of nitrogens with two attached hydrogens (primary N) is 1. The smallest absolute Gasteiger partial charge is 0.223 e. The topological polar surface area (TPSA) is 98.6 Å². The van der Waals surface area contributed by atoms with Crippen LogP contribution in [-0.4, -0.2) is 22.2 Å². The molecule has 1 heterocycles. The van der Waals surface area contributed by atoms with Crippen LogP contribution in [0.4, 0.5) is 5.69 Å². The second-order valence-electron chi connectivity index (χ2n) is 4.75. The van der Waals surface area contributed by atoms with Crippen molar-refractivity contribution in [2.24, 2.45) is 10.7 Å². The summed E-state index contributed by atoms with van der Waals surface area (Å²) in [4.78, 5) is 8.18. The number of benzene rings is 1. The van der Waals surface area contributed by atoms with Crippen LogP contribution in [0.15, 0.2) is 33.8 Å². The SMILES string of the molecule is Cc1nc(CN=C(N)Nc2ccc(OC(C)C)cc2)no1. The third-order valence-corrected chi connectivity index (χ3v) is 2.46. The van der Waals surface area contributed by atoms with Gasteiger partial charge in [-0.2, -0.15) is 4.98 Å². The zero-order valence-corrected chi connectivity index (χ0v) is 12.3. The lowest BCUT2D eigenvalue weighted by Gasteiger charge is -2.10. The fourth-order valence-corrected chi connectivity index (χ4v) is 1.64. The van der Waals surface area contributed by atoms with E-state index in [-0.39, 0.29) is 18.6 Å². The zero-order valence-electron chi connectivity index (χ0n) is 12.3. The number of hydrogen-bond donors (Lipinski definition) is 2. The summed E-state index contributed by atoms with van der Waals surface area (Å²) in [6.45, 7) is 5.96. The Balaban J connectivity index is 1.91. The average Bonchev–Trinajstić information content (AvgIpc) is 2.84. The van der Waals surface area contributed by atoms with E-state index in [4.69, 9.17) is 15.0 Å². The van der Waals surface area contributed by atoms with Crippen molar-refractivity contribution >= 4 is 11.6 Å². The molecular formula is C14H19N5O2. The molecule has 0 spiro atoms. The second-order valence-corrected chi connectivity index (χ2v) is 4.75. The maximum atomic E-state index is 5.80. The molecule has 0 fully saturated rings. The second kappa shape index (κ2) is 6.74. The van der Waals surface area contributed by atoms with E-state index >= 15 is 0 Å². The lowest BCUT2D eigenvalue weighted by molar-refractivity contribution is 0.242. The molecule has 0 atom stereocenters. The molecule has 1 aromatic heterocycles. The van der Waals surface area contributed by atoms with Gasteiger partial charge >= 0.3 is 0 Å². The summed E-state index contributed by atoms with van der Waals surface area (Å²) in [6.07, 6.45) is 0.147. The van der Waals surface area contributed by atoms with Gasteiger partial charge in [-0.25, -0.2) is 4.99 Å². The molecule has 0 aliphatic rings. The maximum absolute atomic E-state index is 5.80. The molecule has 0 aliphatic carbocycles. The highest BCUT2D eigenvalue weighted by molar-refractivity contribution is 5.92. The number of nitrogens with zero attached hydrogens (tertiary/aromatic N) is 3. The van der Waals surface area contributed by atoms with Gasteiger partial charge in [-0.05, 0) is 38.1 Å². The summed E-state index contributed by atoms with van der Waals surface area (Å²) in [6, 6.07) is 7.49. The first-order chi connectivity index (χ1) is 10.0. The van der Waals surface area contributed by atoms with Crippen LogP contribution in [0.5, 0.6) is 5.75 Å². The summed E-state index contributed by atoms with van der Waals surface area (Å²) in [5.41, 5.74) is 6.63. The molecule has 0 bridgehead atoms. The number of rotatable bonds is 5. The Morgan fingerprint density at radius 2 is 2.10 bits per heavy atom. The minimum Gasteiger partial charge on any atom is -0.491 e. The van der Waals surface area contributed by atoms with Crippen molar-refractivity contribution in [2.75, 3.05) is 5.32 Å². The Bertz CT molecular complexity index is 604. The Hall–Kier alpha value is -2.57. The van der Waals surface area contributed by atoms with Gasteiger partial charge in [0.25, 0.3) is 0 Å². The van der Waals surface area contributed by atoms with Gasteiger partial charge in [-0.3, -0.25) is 0 Å². The molecule has 0 aliphatic heterocycles. The molecule has 1 aromatic carbocycles. The van der Waals surface area contributed by atoms with Gasteiger partial charge in [0.15, 0.2) is 11.8 Å². The number of aliphatic imine (C=N–C) groups is 1.